The lowest BCUT2D eigenvalue weighted by Crippen LogP contribution is -2.36. The van der Waals surface area contributed by atoms with Crippen LogP contribution in [-0.2, 0) is 13.0 Å². The number of carbonyl (C=O) groups is 1. The normalized spacial score (nSPS) is 14.5. The summed E-state index contributed by atoms with van der Waals surface area (Å²) in [6, 6.07) is 17.6. The molecule has 1 aromatic heterocycles. The quantitative estimate of drug-likeness (QED) is 0.758. The molecule has 140 valence electrons. The van der Waals surface area contributed by atoms with Gasteiger partial charge in [-0.2, -0.15) is 0 Å². The first kappa shape index (κ1) is 16.6. The van der Waals surface area contributed by atoms with E-state index >= 15 is 0 Å². The Labute approximate surface area is 162 Å². The highest BCUT2D eigenvalue weighted by Gasteiger charge is 2.22. The minimum absolute atomic E-state index is 0.0520. The van der Waals surface area contributed by atoms with Crippen molar-refractivity contribution in [1.82, 2.24) is 9.88 Å². The number of carbonyl (C=O) groups excluding carboxylic acids is 1. The molecule has 3 heterocycles. The summed E-state index contributed by atoms with van der Waals surface area (Å²) in [7, 11) is 0. The summed E-state index contributed by atoms with van der Waals surface area (Å²) < 4.78 is 10.7. The number of nitrogens with one attached hydrogen (secondary N) is 1. The highest BCUT2D eigenvalue weighted by molar-refractivity contribution is 5.93. The maximum Gasteiger partial charge on any atom is 0.272 e. The highest BCUT2D eigenvalue weighted by atomic mass is 16.7. The van der Waals surface area contributed by atoms with Crippen molar-refractivity contribution in [3.05, 3.63) is 77.6 Å². The molecule has 1 amide bonds. The number of fused-ring (bicyclic) bond motifs is 2. The standard InChI is InChI=1S/C22H19N3O3/c26-22(25-10-8-15-3-1-2-4-16(15)13-25)19-11-18(7-9-23-19)24-17-5-6-20-21(12-17)28-14-27-20/h1-7,9,11-12H,8,10,13-14H2,(H,23,24). The molecule has 2 aromatic carbocycles. The molecule has 6 heteroatoms. The van der Waals surface area contributed by atoms with Crippen molar-refractivity contribution in [3.63, 3.8) is 0 Å². The maximum atomic E-state index is 13.0. The predicted octanol–water partition coefficient (Wildman–Crippen LogP) is 3.75. The van der Waals surface area contributed by atoms with Crippen LogP contribution in [0.5, 0.6) is 11.5 Å². The second-order valence-corrected chi connectivity index (χ2v) is 6.87. The Morgan fingerprint density at radius 1 is 0.964 bits per heavy atom. The van der Waals surface area contributed by atoms with Crippen LogP contribution in [0.15, 0.2) is 60.8 Å². The second kappa shape index (κ2) is 6.88. The fourth-order valence-electron chi connectivity index (χ4n) is 3.60. The van der Waals surface area contributed by atoms with Crippen LogP contribution in [0, 0.1) is 0 Å². The molecule has 2 aliphatic heterocycles. The molecule has 3 aromatic rings. The largest absolute Gasteiger partial charge is 0.454 e. The Balaban J connectivity index is 1.33. The van der Waals surface area contributed by atoms with Crippen molar-refractivity contribution in [2.24, 2.45) is 0 Å². The van der Waals surface area contributed by atoms with Gasteiger partial charge < -0.3 is 19.7 Å². The summed E-state index contributed by atoms with van der Waals surface area (Å²) in [5.74, 6) is 1.40. The monoisotopic (exact) mass is 373 g/mol. The third kappa shape index (κ3) is 3.13. The summed E-state index contributed by atoms with van der Waals surface area (Å²) in [4.78, 5) is 19.1. The van der Waals surface area contributed by atoms with E-state index in [2.05, 4.69) is 22.4 Å². The van der Waals surface area contributed by atoms with Crippen LogP contribution in [0.1, 0.15) is 21.6 Å². The molecule has 28 heavy (non-hydrogen) atoms. The van der Waals surface area contributed by atoms with E-state index in [-0.39, 0.29) is 12.7 Å². The highest BCUT2D eigenvalue weighted by Crippen LogP contribution is 2.35. The molecule has 0 saturated heterocycles. The van der Waals surface area contributed by atoms with Gasteiger partial charge in [0.05, 0.1) is 0 Å². The Bertz CT molecular complexity index is 1050. The number of ether oxygens (including phenoxy) is 2. The Kier molecular flexibility index (Phi) is 4.09. The van der Waals surface area contributed by atoms with Gasteiger partial charge in [-0.05, 0) is 41.8 Å². The molecule has 0 unspecified atom stereocenters. The molecular weight excluding hydrogens is 354 g/mol. The van der Waals surface area contributed by atoms with Gasteiger partial charge in [0.1, 0.15) is 5.69 Å². The van der Waals surface area contributed by atoms with Crippen LogP contribution < -0.4 is 14.8 Å². The van der Waals surface area contributed by atoms with Gasteiger partial charge in [-0.15, -0.1) is 0 Å². The topological polar surface area (TPSA) is 63.7 Å². The summed E-state index contributed by atoms with van der Waals surface area (Å²) in [5, 5.41) is 3.30. The van der Waals surface area contributed by atoms with Crippen molar-refractivity contribution in [2.75, 3.05) is 18.7 Å². The van der Waals surface area contributed by atoms with Gasteiger partial charge in [0.2, 0.25) is 6.79 Å². The number of hydrogen-bond donors (Lipinski definition) is 1. The molecule has 2 aliphatic rings. The summed E-state index contributed by atoms with van der Waals surface area (Å²) >= 11 is 0. The van der Waals surface area contributed by atoms with Crippen molar-refractivity contribution in [2.45, 2.75) is 13.0 Å². The zero-order valence-corrected chi connectivity index (χ0v) is 15.2. The smallest absolute Gasteiger partial charge is 0.272 e. The third-order valence-electron chi connectivity index (χ3n) is 5.06. The van der Waals surface area contributed by atoms with Crippen molar-refractivity contribution in [3.8, 4) is 11.5 Å². The molecule has 0 fully saturated rings. The SMILES string of the molecule is O=C(c1cc(Nc2ccc3c(c2)OCO3)ccn1)N1CCc2ccccc2C1. The van der Waals surface area contributed by atoms with Crippen LogP contribution >= 0.6 is 0 Å². The van der Waals surface area contributed by atoms with Gasteiger partial charge >= 0.3 is 0 Å². The molecule has 5 rings (SSSR count). The van der Waals surface area contributed by atoms with Gasteiger partial charge in [-0.3, -0.25) is 9.78 Å². The first-order valence-electron chi connectivity index (χ1n) is 9.25. The Hall–Kier alpha value is -3.54. The van der Waals surface area contributed by atoms with Gasteiger partial charge in [-0.1, -0.05) is 24.3 Å². The zero-order chi connectivity index (χ0) is 18.9. The Morgan fingerprint density at radius 3 is 2.71 bits per heavy atom. The number of aromatic nitrogens is 1. The van der Waals surface area contributed by atoms with E-state index < -0.39 is 0 Å². The van der Waals surface area contributed by atoms with Crippen molar-refractivity contribution < 1.29 is 14.3 Å². The number of anilines is 2. The minimum atomic E-state index is -0.0520. The summed E-state index contributed by atoms with van der Waals surface area (Å²) in [6.07, 6.45) is 2.53. The van der Waals surface area contributed by atoms with E-state index in [4.69, 9.17) is 9.47 Å². The lowest BCUT2D eigenvalue weighted by molar-refractivity contribution is 0.0729. The van der Waals surface area contributed by atoms with Gasteiger partial charge in [0, 0.05) is 36.7 Å². The molecule has 0 radical (unpaired) electrons. The van der Waals surface area contributed by atoms with E-state index in [1.54, 1.807) is 12.3 Å². The van der Waals surface area contributed by atoms with E-state index in [0.29, 0.717) is 24.5 Å². The predicted molar refractivity (Wildman–Crippen MR) is 105 cm³/mol. The molecular formula is C22H19N3O3. The van der Waals surface area contributed by atoms with Gasteiger partial charge in [0.15, 0.2) is 11.5 Å². The van der Waals surface area contributed by atoms with Crippen LogP contribution in [0.25, 0.3) is 0 Å². The number of benzene rings is 2. The second-order valence-electron chi connectivity index (χ2n) is 6.87. The zero-order valence-electron chi connectivity index (χ0n) is 15.2. The average molecular weight is 373 g/mol. The van der Waals surface area contributed by atoms with Crippen LogP contribution in [-0.4, -0.2) is 29.1 Å². The van der Waals surface area contributed by atoms with Gasteiger partial charge in [-0.25, -0.2) is 0 Å². The maximum absolute atomic E-state index is 13.0. The molecule has 0 aliphatic carbocycles. The van der Waals surface area contributed by atoms with Gasteiger partial charge in [0.25, 0.3) is 5.91 Å². The molecule has 6 nitrogen and oxygen atoms in total. The summed E-state index contributed by atoms with van der Waals surface area (Å²) in [6.45, 7) is 1.57. The van der Waals surface area contributed by atoms with E-state index in [1.165, 1.54) is 11.1 Å². The molecule has 0 atom stereocenters. The first-order chi connectivity index (χ1) is 13.8. The number of rotatable bonds is 3. The average Bonchev–Trinajstić information content (AvgIpc) is 3.21. The van der Waals surface area contributed by atoms with Crippen LogP contribution in [0.4, 0.5) is 11.4 Å². The molecule has 1 N–H and O–H groups in total. The lowest BCUT2D eigenvalue weighted by atomic mass is 10.00. The van der Waals surface area contributed by atoms with Crippen molar-refractivity contribution in [1.29, 1.82) is 0 Å². The van der Waals surface area contributed by atoms with E-state index in [1.807, 2.05) is 41.3 Å². The lowest BCUT2D eigenvalue weighted by Gasteiger charge is -2.28. The number of nitrogens with zero attached hydrogens (tertiary/aromatic N) is 2. The third-order valence-corrected chi connectivity index (χ3v) is 5.06. The fourth-order valence-corrected chi connectivity index (χ4v) is 3.60. The Morgan fingerprint density at radius 2 is 1.79 bits per heavy atom. The number of hydrogen-bond acceptors (Lipinski definition) is 5. The number of amides is 1. The molecule has 0 spiro atoms. The van der Waals surface area contributed by atoms with E-state index in [9.17, 15) is 4.79 Å². The van der Waals surface area contributed by atoms with E-state index in [0.717, 1.165) is 23.5 Å². The molecule has 0 saturated carbocycles. The summed E-state index contributed by atoms with van der Waals surface area (Å²) in [5.41, 5.74) is 4.62. The number of pyridine rings is 1. The molecule has 0 bridgehead atoms. The van der Waals surface area contributed by atoms with Crippen LogP contribution in [0.3, 0.4) is 0 Å². The van der Waals surface area contributed by atoms with Crippen molar-refractivity contribution >= 4 is 17.3 Å². The minimum Gasteiger partial charge on any atom is -0.454 e. The first-order valence-corrected chi connectivity index (χ1v) is 9.25. The van der Waals surface area contributed by atoms with Crippen LogP contribution in [0.2, 0.25) is 0 Å². The fraction of sp³-hybridized carbons (Fsp3) is 0.182.